The minimum atomic E-state index is 0.114. The molecule has 0 bridgehead atoms. The van der Waals surface area contributed by atoms with E-state index in [9.17, 15) is 4.79 Å². The van der Waals surface area contributed by atoms with Gasteiger partial charge in [-0.15, -0.1) is 0 Å². The van der Waals surface area contributed by atoms with Gasteiger partial charge in [-0.25, -0.2) is 0 Å². The number of hydrogen-bond acceptors (Lipinski definition) is 3. The van der Waals surface area contributed by atoms with Crippen molar-refractivity contribution in [1.29, 1.82) is 0 Å². The van der Waals surface area contributed by atoms with Gasteiger partial charge in [0, 0.05) is 36.7 Å². The minimum absolute atomic E-state index is 0.114. The summed E-state index contributed by atoms with van der Waals surface area (Å²) < 4.78 is 0. The Hall–Kier alpha value is -1.87. The zero-order valence-corrected chi connectivity index (χ0v) is 12.0. The molecule has 0 amide bonds. The fourth-order valence-electron chi connectivity index (χ4n) is 2.59. The second kappa shape index (κ2) is 5.25. The van der Waals surface area contributed by atoms with Gasteiger partial charge < -0.3 is 4.90 Å². The van der Waals surface area contributed by atoms with Gasteiger partial charge in [-0.2, -0.15) is 0 Å². The molecule has 3 rings (SSSR count). The monoisotopic (exact) mass is 286 g/mol. The Bertz CT molecular complexity index is 669. The van der Waals surface area contributed by atoms with Crippen molar-refractivity contribution >= 4 is 23.1 Å². The van der Waals surface area contributed by atoms with Gasteiger partial charge in [-0.1, -0.05) is 11.6 Å². The van der Waals surface area contributed by atoms with Gasteiger partial charge in [-0.3, -0.25) is 9.78 Å². The van der Waals surface area contributed by atoms with E-state index >= 15 is 0 Å². The third-order valence-corrected chi connectivity index (χ3v) is 4.04. The number of anilines is 1. The Morgan fingerprint density at radius 2 is 2.25 bits per heavy atom. The van der Waals surface area contributed by atoms with E-state index in [1.54, 1.807) is 19.3 Å². The minimum Gasteiger partial charge on any atom is -0.367 e. The summed E-state index contributed by atoms with van der Waals surface area (Å²) >= 11 is 6.16. The van der Waals surface area contributed by atoms with Crippen molar-refractivity contribution in [3.8, 4) is 0 Å². The molecule has 1 aromatic heterocycles. The number of ketones is 1. The normalized spacial score (nSPS) is 13.4. The van der Waals surface area contributed by atoms with Crippen molar-refractivity contribution in [3.63, 3.8) is 0 Å². The second-order valence-electron chi connectivity index (χ2n) is 5.04. The highest BCUT2D eigenvalue weighted by atomic mass is 35.5. The molecule has 0 aliphatic carbocycles. The fourth-order valence-corrected chi connectivity index (χ4v) is 2.77. The third-order valence-electron chi connectivity index (χ3n) is 3.70. The first-order valence-electron chi connectivity index (χ1n) is 6.62. The molecule has 4 heteroatoms. The number of rotatable bonds is 3. The van der Waals surface area contributed by atoms with E-state index in [2.05, 4.69) is 9.88 Å². The second-order valence-corrected chi connectivity index (χ2v) is 5.45. The van der Waals surface area contributed by atoms with Gasteiger partial charge in [0.25, 0.3) is 0 Å². The molecular weight excluding hydrogens is 272 g/mol. The molecule has 0 saturated heterocycles. The molecule has 1 aliphatic rings. The largest absolute Gasteiger partial charge is 0.367 e. The molecule has 1 aromatic carbocycles. The van der Waals surface area contributed by atoms with Crippen LogP contribution in [0, 0.1) is 0 Å². The van der Waals surface area contributed by atoms with E-state index in [-0.39, 0.29) is 5.78 Å². The van der Waals surface area contributed by atoms with Crippen LogP contribution in [-0.4, -0.2) is 17.3 Å². The molecule has 3 nitrogen and oxygen atoms in total. The highest BCUT2D eigenvalue weighted by Gasteiger charge is 2.20. The van der Waals surface area contributed by atoms with Crippen molar-refractivity contribution in [1.82, 2.24) is 4.98 Å². The Balaban J connectivity index is 1.87. The number of fused-ring (bicyclic) bond motifs is 1. The fraction of sp³-hybridized carbons (Fsp3) is 0.250. The van der Waals surface area contributed by atoms with Crippen LogP contribution in [0.2, 0.25) is 5.02 Å². The molecule has 0 atom stereocenters. The number of carbonyl (C=O) groups excluding carboxylic acids is 1. The molecule has 0 saturated carbocycles. The lowest BCUT2D eigenvalue weighted by molar-refractivity contribution is 0.101. The van der Waals surface area contributed by atoms with Crippen LogP contribution < -0.4 is 4.90 Å². The number of pyridine rings is 1. The first-order valence-corrected chi connectivity index (χ1v) is 7.00. The van der Waals surface area contributed by atoms with Crippen LogP contribution in [0.1, 0.15) is 28.4 Å². The van der Waals surface area contributed by atoms with Crippen LogP contribution in [-0.2, 0) is 13.0 Å². The molecule has 0 unspecified atom stereocenters. The number of nitrogens with zero attached hydrogens (tertiary/aromatic N) is 2. The Kier molecular flexibility index (Phi) is 3.45. The summed E-state index contributed by atoms with van der Waals surface area (Å²) in [5.74, 6) is 0.114. The molecule has 0 fully saturated rings. The zero-order valence-electron chi connectivity index (χ0n) is 11.3. The average molecular weight is 287 g/mol. The first-order chi connectivity index (χ1) is 9.65. The van der Waals surface area contributed by atoms with Crippen LogP contribution in [0.3, 0.4) is 0 Å². The highest BCUT2D eigenvalue weighted by molar-refractivity contribution is 6.31. The molecular formula is C16H15ClN2O. The molecule has 102 valence electrons. The third kappa shape index (κ3) is 2.41. The SMILES string of the molecule is CC(=O)c1ccc2c(c1)CCN2Cc1ccncc1Cl. The van der Waals surface area contributed by atoms with Crippen molar-refractivity contribution in [2.24, 2.45) is 0 Å². The van der Waals surface area contributed by atoms with E-state index in [1.807, 2.05) is 24.3 Å². The van der Waals surface area contributed by atoms with Gasteiger partial charge >= 0.3 is 0 Å². The predicted molar refractivity (Wildman–Crippen MR) is 80.4 cm³/mol. The summed E-state index contributed by atoms with van der Waals surface area (Å²) in [5.41, 5.74) is 4.29. The van der Waals surface area contributed by atoms with E-state index in [0.29, 0.717) is 5.02 Å². The lowest BCUT2D eigenvalue weighted by atomic mass is 10.1. The topological polar surface area (TPSA) is 33.2 Å². The molecule has 0 N–H and O–H groups in total. The molecule has 1 aliphatic heterocycles. The van der Waals surface area contributed by atoms with Gasteiger partial charge in [-0.05, 0) is 48.7 Å². The van der Waals surface area contributed by atoms with Crippen molar-refractivity contribution < 1.29 is 4.79 Å². The summed E-state index contributed by atoms with van der Waals surface area (Å²) in [6, 6.07) is 7.89. The highest BCUT2D eigenvalue weighted by Crippen LogP contribution is 2.31. The molecule has 20 heavy (non-hydrogen) atoms. The first kappa shape index (κ1) is 13.1. The maximum absolute atomic E-state index is 11.4. The number of hydrogen-bond donors (Lipinski definition) is 0. The number of Topliss-reactive ketones (excluding diaryl/α,β-unsaturated/α-hetero) is 1. The van der Waals surface area contributed by atoms with Gasteiger partial charge in [0.1, 0.15) is 0 Å². The zero-order chi connectivity index (χ0) is 14.1. The van der Waals surface area contributed by atoms with E-state index in [0.717, 1.165) is 30.6 Å². The maximum atomic E-state index is 11.4. The Labute approximate surface area is 123 Å². The van der Waals surface area contributed by atoms with E-state index in [4.69, 9.17) is 11.6 Å². The summed E-state index contributed by atoms with van der Waals surface area (Å²) in [7, 11) is 0. The molecule has 2 aromatic rings. The van der Waals surface area contributed by atoms with Gasteiger partial charge in [0.2, 0.25) is 0 Å². The molecule has 0 spiro atoms. The van der Waals surface area contributed by atoms with Crippen LogP contribution in [0.4, 0.5) is 5.69 Å². The Morgan fingerprint density at radius 1 is 1.40 bits per heavy atom. The number of carbonyl (C=O) groups is 1. The lowest BCUT2D eigenvalue weighted by Gasteiger charge is -2.20. The van der Waals surface area contributed by atoms with Crippen molar-refractivity contribution in [3.05, 3.63) is 58.4 Å². The van der Waals surface area contributed by atoms with Crippen LogP contribution in [0.25, 0.3) is 0 Å². The van der Waals surface area contributed by atoms with Gasteiger partial charge in [0.05, 0.1) is 5.02 Å². The summed E-state index contributed by atoms with van der Waals surface area (Å²) in [6.45, 7) is 3.33. The number of halogens is 1. The van der Waals surface area contributed by atoms with E-state index in [1.165, 1.54) is 11.3 Å². The van der Waals surface area contributed by atoms with E-state index < -0.39 is 0 Å². The van der Waals surface area contributed by atoms with Crippen LogP contribution in [0.15, 0.2) is 36.7 Å². The maximum Gasteiger partial charge on any atom is 0.159 e. The standard InChI is InChI=1S/C16H15ClN2O/c1-11(20)12-2-3-16-13(8-12)5-7-19(16)10-14-4-6-18-9-15(14)17/h2-4,6,8-9H,5,7,10H2,1H3. The predicted octanol–water partition coefficient (Wildman–Crippen LogP) is 3.50. The summed E-state index contributed by atoms with van der Waals surface area (Å²) in [6.07, 6.45) is 4.41. The smallest absolute Gasteiger partial charge is 0.159 e. The summed E-state index contributed by atoms with van der Waals surface area (Å²) in [4.78, 5) is 17.7. The average Bonchev–Trinajstić information content (AvgIpc) is 2.84. The summed E-state index contributed by atoms with van der Waals surface area (Å²) in [5, 5.41) is 0.696. The lowest BCUT2D eigenvalue weighted by Crippen LogP contribution is -2.19. The van der Waals surface area contributed by atoms with Crippen LogP contribution in [0.5, 0.6) is 0 Å². The Morgan fingerprint density at radius 3 is 3.00 bits per heavy atom. The van der Waals surface area contributed by atoms with Crippen molar-refractivity contribution in [2.45, 2.75) is 19.9 Å². The number of aromatic nitrogens is 1. The molecule has 0 radical (unpaired) electrons. The molecule has 2 heterocycles. The van der Waals surface area contributed by atoms with Crippen molar-refractivity contribution in [2.75, 3.05) is 11.4 Å². The number of benzene rings is 1. The van der Waals surface area contributed by atoms with Gasteiger partial charge in [0.15, 0.2) is 5.78 Å². The quantitative estimate of drug-likeness (QED) is 0.810. The van der Waals surface area contributed by atoms with Crippen LogP contribution >= 0.6 is 11.6 Å².